The zero-order valence-electron chi connectivity index (χ0n) is 16.9. The van der Waals surface area contributed by atoms with Crippen molar-refractivity contribution in [1.82, 2.24) is 0 Å². The molecule has 30 heavy (non-hydrogen) atoms. The molecule has 0 aliphatic heterocycles. The van der Waals surface area contributed by atoms with Gasteiger partial charge in [-0.3, -0.25) is 4.79 Å². The van der Waals surface area contributed by atoms with E-state index in [0.29, 0.717) is 5.69 Å². The lowest BCUT2D eigenvalue weighted by Gasteiger charge is -2.07. The van der Waals surface area contributed by atoms with Crippen LogP contribution in [0.3, 0.4) is 0 Å². The molecule has 2 aromatic carbocycles. The molecule has 9 nitrogen and oxygen atoms in total. The summed E-state index contributed by atoms with van der Waals surface area (Å²) < 4.78 is 9.35. The van der Waals surface area contributed by atoms with Crippen LogP contribution >= 0.6 is 0 Å². The first-order valence-corrected chi connectivity index (χ1v) is 8.77. The van der Waals surface area contributed by atoms with Crippen LogP contribution < -0.4 is 5.32 Å². The van der Waals surface area contributed by atoms with Crippen molar-refractivity contribution in [2.75, 3.05) is 19.5 Å². The minimum Gasteiger partial charge on any atom is -0.510 e. The topological polar surface area (TPSA) is 127 Å². The number of carbonyl (C=O) groups is 3. The summed E-state index contributed by atoms with van der Waals surface area (Å²) in [6.45, 7) is 3.18. The normalized spacial score (nSPS) is 11.6. The number of esters is 2. The Morgan fingerprint density at radius 1 is 0.967 bits per heavy atom. The summed E-state index contributed by atoms with van der Waals surface area (Å²) in [5, 5.41) is 20.2. The average molecular weight is 411 g/mol. The zero-order chi connectivity index (χ0) is 22.3. The first-order chi connectivity index (χ1) is 14.3. The van der Waals surface area contributed by atoms with Gasteiger partial charge in [-0.2, -0.15) is 0 Å². The second-order valence-corrected chi connectivity index (χ2v) is 6.17. The quantitative estimate of drug-likeness (QED) is 0.319. The SMILES string of the molecule is COC(=O)c1ccc(C(=O)OC)c(N=N/C(C(=O)Nc2ccc(C)cc2)=C(/C)O)c1. The van der Waals surface area contributed by atoms with Crippen LogP contribution in [0.25, 0.3) is 0 Å². The molecule has 0 aromatic heterocycles. The van der Waals surface area contributed by atoms with Crippen molar-refractivity contribution < 1.29 is 29.0 Å². The molecule has 9 heteroatoms. The average Bonchev–Trinajstić information content (AvgIpc) is 2.74. The number of allylic oxidation sites excluding steroid dienone is 1. The number of amides is 1. The summed E-state index contributed by atoms with van der Waals surface area (Å²) in [7, 11) is 2.40. The summed E-state index contributed by atoms with van der Waals surface area (Å²) in [5.74, 6) is -2.44. The lowest BCUT2D eigenvalue weighted by Crippen LogP contribution is -2.14. The Bertz CT molecular complexity index is 1020. The van der Waals surface area contributed by atoms with E-state index in [1.165, 1.54) is 39.3 Å². The standard InChI is InChI=1S/C21H21N3O6/c1-12-5-8-15(9-6-12)22-19(26)18(13(2)25)24-23-17-11-14(20(27)29-3)7-10-16(17)21(28)30-4/h5-11,25H,1-4H3,(H,22,26)/b18-13-,24-23?. The molecular formula is C21H21N3O6. The van der Waals surface area contributed by atoms with E-state index < -0.39 is 17.8 Å². The molecule has 0 aliphatic carbocycles. The Morgan fingerprint density at radius 3 is 2.17 bits per heavy atom. The first kappa shape index (κ1) is 22.3. The lowest BCUT2D eigenvalue weighted by molar-refractivity contribution is -0.113. The van der Waals surface area contributed by atoms with Crippen LogP contribution in [0.4, 0.5) is 11.4 Å². The fourth-order valence-corrected chi connectivity index (χ4v) is 2.35. The third-order valence-corrected chi connectivity index (χ3v) is 3.95. The molecule has 156 valence electrons. The monoisotopic (exact) mass is 411 g/mol. The highest BCUT2D eigenvalue weighted by atomic mass is 16.5. The summed E-state index contributed by atoms with van der Waals surface area (Å²) in [6.07, 6.45) is 0. The minimum atomic E-state index is -0.712. The van der Waals surface area contributed by atoms with Crippen LogP contribution in [0, 0.1) is 6.92 Å². The highest BCUT2D eigenvalue weighted by Crippen LogP contribution is 2.24. The van der Waals surface area contributed by atoms with E-state index in [4.69, 9.17) is 4.74 Å². The Kier molecular flexibility index (Phi) is 7.40. The number of anilines is 1. The highest BCUT2D eigenvalue weighted by molar-refractivity contribution is 6.03. The first-order valence-electron chi connectivity index (χ1n) is 8.77. The number of rotatable bonds is 6. The second kappa shape index (κ2) is 9.97. The van der Waals surface area contributed by atoms with Gasteiger partial charge < -0.3 is 19.9 Å². The van der Waals surface area contributed by atoms with Gasteiger partial charge in [0.25, 0.3) is 5.91 Å². The fourth-order valence-electron chi connectivity index (χ4n) is 2.35. The largest absolute Gasteiger partial charge is 0.510 e. The van der Waals surface area contributed by atoms with E-state index in [2.05, 4.69) is 20.3 Å². The second-order valence-electron chi connectivity index (χ2n) is 6.17. The number of nitrogens with one attached hydrogen (secondary N) is 1. The van der Waals surface area contributed by atoms with E-state index >= 15 is 0 Å². The van der Waals surface area contributed by atoms with E-state index in [-0.39, 0.29) is 28.3 Å². The molecule has 0 aliphatic rings. The number of aryl methyl sites for hydroxylation is 1. The predicted octanol–water partition coefficient (Wildman–Crippen LogP) is 4.08. The van der Waals surface area contributed by atoms with Crippen molar-refractivity contribution >= 4 is 29.2 Å². The molecule has 0 fully saturated rings. The van der Waals surface area contributed by atoms with E-state index in [0.717, 1.165) is 5.56 Å². The molecular weight excluding hydrogens is 390 g/mol. The smallest absolute Gasteiger partial charge is 0.340 e. The van der Waals surface area contributed by atoms with Crippen molar-refractivity contribution in [3.05, 3.63) is 70.6 Å². The van der Waals surface area contributed by atoms with Gasteiger partial charge in [0.05, 0.1) is 25.3 Å². The third-order valence-electron chi connectivity index (χ3n) is 3.95. The van der Waals surface area contributed by atoms with Crippen LogP contribution in [-0.2, 0) is 14.3 Å². The number of hydrogen-bond acceptors (Lipinski definition) is 8. The van der Waals surface area contributed by atoms with Gasteiger partial charge in [0, 0.05) is 5.69 Å². The summed E-state index contributed by atoms with van der Waals surface area (Å²) in [4.78, 5) is 36.3. The fraction of sp³-hybridized carbons (Fsp3) is 0.190. The third kappa shape index (κ3) is 5.51. The maximum absolute atomic E-state index is 12.5. The van der Waals surface area contributed by atoms with Crippen molar-refractivity contribution in [3.8, 4) is 0 Å². The number of aliphatic hydroxyl groups is 1. The van der Waals surface area contributed by atoms with Gasteiger partial charge in [-0.1, -0.05) is 17.7 Å². The van der Waals surface area contributed by atoms with E-state index in [9.17, 15) is 19.5 Å². The van der Waals surface area contributed by atoms with Crippen molar-refractivity contribution in [2.24, 2.45) is 10.2 Å². The molecule has 0 spiro atoms. The van der Waals surface area contributed by atoms with Crippen LogP contribution in [0.1, 0.15) is 33.2 Å². The summed E-state index contributed by atoms with van der Waals surface area (Å²) in [6, 6.07) is 11.0. The number of carbonyl (C=O) groups excluding carboxylic acids is 3. The Morgan fingerprint density at radius 2 is 1.60 bits per heavy atom. The molecule has 2 N–H and O–H groups in total. The van der Waals surface area contributed by atoms with Gasteiger partial charge in [0.1, 0.15) is 11.4 Å². The van der Waals surface area contributed by atoms with Gasteiger partial charge >= 0.3 is 11.9 Å². The van der Waals surface area contributed by atoms with Gasteiger partial charge in [-0.15, -0.1) is 10.2 Å². The molecule has 2 aromatic rings. The van der Waals surface area contributed by atoms with E-state index in [1.807, 2.05) is 19.1 Å². The molecule has 2 rings (SSSR count). The summed E-state index contributed by atoms with van der Waals surface area (Å²) in [5.41, 5.74) is 1.25. The molecule has 0 unspecified atom stereocenters. The van der Waals surface area contributed by atoms with Crippen LogP contribution in [0.5, 0.6) is 0 Å². The van der Waals surface area contributed by atoms with Gasteiger partial charge in [-0.05, 0) is 44.2 Å². The molecule has 0 bridgehead atoms. The number of benzene rings is 2. The number of nitrogens with zero attached hydrogens (tertiary/aromatic N) is 2. The molecule has 0 saturated carbocycles. The number of azo groups is 1. The van der Waals surface area contributed by atoms with Crippen LogP contribution in [-0.4, -0.2) is 37.2 Å². The van der Waals surface area contributed by atoms with Gasteiger partial charge in [-0.25, -0.2) is 9.59 Å². The lowest BCUT2D eigenvalue weighted by atomic mass is 10.1. The predicted molar refractivity (Wildman–Crippen MR) is 109 cm³/mol. The molecule has 0 radical (unpaired) electrons. The molecule has 0 saturated heterocycles. The van der Waals surface area contributed by atoms with Crippen molar-refractivity contribution in [3.63, 3.8) is 0 Å². The molecule has 1 amide bonds. The van der Waals surface area contributed by atoms with Crippen LogP contribution in [0.2, 0.25) is 0 Å². The van der Waals surface area contributed by atoms with Crippen LogP contribution in [0.15, 0.2) is 64.1 Å². The number of hydrogen-bond donors (Lipinski definition) is 2. The molecule has 0 atom stereocenters. The van der Waals surface area contributed by atoms with Crippen molar-refractivity contribution in [1.29, 1.82) is 0 Å². The maximum Gasteiger partial charge on any atom is 0.340 e. The number of ether oxygens (including phenoxy) is 2. The molecule has 0 heterocycles. The Balaban J connectivity index is 2.38. The Hall–Kier alpha value is -4.01. The zero-order valence-corrected chi connectivity index (χ0v) is 16.9. The maximum atomic E-state index is 12.5. The van der Waals surface area contributed by atoms with Crippen molar-refractivity contribution in [2.45, 2.75) is 13.8 Å². The highest BCUT2D eigenvalue weighted by Gasteiger charge is 2.17. The van der Waals surface area contributed by atoms with Gasteiger partial charge in [0.15, 0.2) is 5.70 Å². The van der Waals surface area contributed by atoms with Gasteiger partial charge in [0.2, 0.25) is 0 Å². The van der Waals surface area contributed by atoms with E-state index in [1.54, 1.807) is 12.1 Å². The number of aliphatic hydroxyl groups excluding tert-OH is 1. The Labute approximate surface area is 173 Å². The number of methoxy groups -OCH3 is 2. The summed E-state index contributed by atoms with van der Waals surface area (Å²) >= 11 is 0. The minimum absolute atomic E-state index is 0.0165.